The van der Waals surface area contributed by atoms with Gasteiger partial charge in [0.2, 0.25) is 0 Å². The molecule has 0 radical (unpaired) electrons. The molecule has 1 aromatic rings. The summed E-state index contributed by atoms with van der Waals surface area (Å²) in [4.78, 5) is 12.3. The zero-order valence-corrected chi connectivity index (χ0v) is 14.8. The maximum Gasteiger partial charge on any atom is 0.417 e. The Morgan fingerprint density at radius 2 is 1.81 bits per heavy atom. The van der Waals surface area contributed by atoms with Gasteiger partial charge in [0.25, 0.3) is 5.91 Å². The number of alkyl halides is 4. The van der Waals surface area contributed by atoms with Crippen molar-refractivity contribution in [2.45, 2.75) is 38.4 Å². The van der Waals surface area contributed by atoms with E-state index < -0.39 is 23.2 Å². The highest BCUT2D eigenvalue weighted by molar-refractivity contribution is 9.10. The molecule has 0 bridgehead atoms. The van der Waals surface area contributed by atoms with Crippen LogP contribution in [0.15, 0.2) is 22.7 Å². The fourth-order valence-electron chi connectivity index (χ4n) is 1.91. The van der Waals surface area contributed by atoms with Crippen molar-refractivity contribution >= 4 is 37.8 Å². The summed E-state index contributed by atoms with van der Waals surface area (Å²) in [6.45, 7) is 3.77. The molecule has 0 fully saturated rings. The number of hydrogen-bond acceptors (Lipinski definition) is 1. The van der Waals surface area contributed by atoms with E-state index in [-0.39, 0.29) is 10.0 Å². The van der Waals surface area contributed by atoms with E-state index in [0.29, 0.717) is 18.2 Å². The van der Waals surface area contributed by atoms with Crippen LogP contribution < -0.4 is 5.32 Å². The van der Waals surface area contributed by atoms with Crippen molar-refractivity contribution in [1.82, 2.24) is 5.32 Å². The first-order valence-corrected chi connectivity index (χ1v) is 8.35. The molecule has 0 spiro atoms. The number of amides is 1. The van der Waals surface area contributed by atoms with Gasteiger partial charge in [-0.15, -0.1) is 0 Å². The lowest BCUT2D eigenvalue weighted by Crippen LogP contribution is -2.49. The number of carbonyl (C=O) groups excluding carboxylic acids is 1. The van der Waals surface area contributed by atoms with Crippen molar-refractivity contribution in [2.75, 3.05) is 5.33 Å². The van der Waals surface area contributed by atoms with Gasteiger partial charge >= 0.3 is 6.18 Å². The van der Waals surface area contributed by atoms with Crippen molar-refractivity contribution in [1.29, 1.82) is 0 Å². The molecule has 0 heterocycles. The van der Waals surface area contributed by atoms with Crippen LogP contribution in [0, 0.1) is 0 Å². The Morgan fingerprint density at radius 3 is 2.24 bits per heavy atom. The predicted octanol–water partition coefficient (Wildman–Crippen LogP) is 5.15. The third kappa shape index (κ3) is 4.45. The number of hydrogen-bond donors (Lipinski definition) is 1. The van der Waals surface area contributed by atoms with Crippen molar-refractivity contribution in [3.63, 3.8) is 0 Å². The van der Waals surface area contributed by atoms with Crippen LogP contribution in [-0.4, -0.2) is 16.8 Å². The molecule has 7 heteroatoms. The SMILES string of the molecule is CCC(CC)(CBr)NC(=O)c1ccc(Br)cc1C(F)(F)F. The van der Waals surface area contributed by atoms with Crippen LogP contribution in [0.4, 0.5) is 13.2 Å². The lowest BCUT2D eigenvalue weighted by atomic mass is 9.94. The number of benzene rings is 1. The van der Waals surface area contributed by atoms with E-state index >= 15 is 0 Å². The number of nitrogens with one attached hydrogen (secondary N) is 1. The maximum atomic E-state index is 13.1. The monoisotopic (exact) mass is 429 g/mol. The summed E-state index contributed by atoms with van der Waals surface area (Å²) in [5.74, 6) is -0.710. The van der Waals surface area contributed by atoms with E-state index in [1.807, 2.05) is 13.8 Å². The van der Waals surface area contributed by atoms with E-state index in [1.165, 1.54) is 12.1 Å². The second kappa shape index (κ2) is 7.13. The molecule has 21 heavy (non-hydrogen) atoms. The van der Waals surface area contributed by atoms with Crippen LogP contribution in [0.5, 0.6) is 0 Å². The molecule has 1 rings (SSSR count). The molecule has 0 aliphatic rings. The van der Waals surface area contributed by atoms with Gasteiger partial charge in [0.15, 0.2) is 0 Å². The fourth-order valence-corrected chi connectivity index (χ4v) is 3.20. The molecule has 0 aliphatic carbocycles. The number of halogens is 5. The van der Waals surface area contributed by atoms with Gasteiger partial charge < -0.3 is 5.32 Å². The Kier molecular flexibility index (Phi) is 6.28. The minimum absolute atomic E-state index is 0.282. The fraction of sp³-hybridized carbons (Fsp3) is 0.500. The van der Waals surface area contributed by atoms with Crippen LogP contribution in [0.1, 0.15) is 42.6 Å². The summed E-state index contributed by atoms with van der Waals surface area (Å²) in [6.07, 6.45) is -3.33. The lowest BCUT2D eigenvalue weighted by Gasteiger charge is -2.31. The van der Waals surface area contributed by atoms with Gasteiger partial charge in [0, 0.05) is 15.3 Å². The second-order valence-electron chi connectivity index (χ2n) is 4.76. The Morgan fingerprint density at radius 1 is 1.24 bits per heavy atom. The lowest BCUT2D eigenvalue weighted by molar-refractivity contribution is -0.138. The topological polar surface area (TPSA) is 29.1 Å². The summed E-state index contributed by atoms with van der Waals surface area (Å²) < 4.78 is 39.5. The molecule has 0 aromatic heterocycles. The molecule has 0 atom stereocenters. The first-order valence-electron chi connectivity index (χ1n) is 6.44. The van der Waals surface area contributed by atoms with Gasteiger partial charge in [-0.1, -0.05) is 45.7 Å². The standard InChI is InChI=1S/C14H16Br2F3NO/c1-3-13(4-2,8-15)20-12(21)10-6-5-9(16)7-11(10)14(17,18)19/h5-7H,3-4,8H2,1-2H3,(H,20,21). The predicted molar refractivity (Wildman–Crippen MR) is 83.7 cm³/mol. The summed E-state index contributed by atoms with van der Waals surface area (Å²) in [7, 11) is 0. The number of carbonyl (C=O) groups is 1. The zero-order valence-electron chi connectivity index (χ0n) is 11.7. The highest BCUT2D eigenvalue weighted by atomic mass is 79.9. The Labute approximate surface area is 138 Å². The molecule has 0 unspecified atom stereocenters. The summed E-state index contributed by atoms with van der Waals surface area (Å²) in [5.41, 5.74) is -1.85. The minimum Gasteiger partial charge on any atom is -0.346 e. The Bertz CT molecular complexity index is 505. The Balaban J connectivity index is 3.19. The molecular formula is C14H16Br2F3NO. The summed E-state index contributed by atoms with van der Waals surface area (Å²) in [5, 5.41) is 3.21. The smallest absolute Gasteiger partial charge is 0.346 e. The van der Waals surface area contributed by atoms with Crippen molar-refractivity contribution in [3.05, 3.63) is 33.8 Å². The molecule has 0 saturated carbocycles. The van der Waals surface area contributed by atoms with Gasteiger partial charge in [0.05, 0.1) is 11.1 Å². The van der Waals surface area contributed by atoms with E-state index in [9.17, 15) is 18.0 Å². The van der Waals surface area contributed by atoms with Crippen LogP contribution >= 0.6 is 31.9 Å². The quantitative estimate of drug-likeness (QED) is 0.643. The molecule has 0 saturated heterocycles. The third-order valence-electron chi connectivity index (χ3n) is 3.52. The van der Waals surface area contributed by atoms with Crippen LogP contribution in [0.3, 0.4) is 0 Å². The Hall–Kier alpha value is -0.560. The van der Waals surface area contributed by atoms with Gasteiger partial charge in [-0.25, -0.2) is 0 Å². The van der Waals surface area contributed by atoms with Crippen molar-refractivity contribution < 1.29 is 18.0 Å². The van der Waals surface area contributed by atoms with E-state index in [1.54, 1.807) is 0 Å². The van der Waals surface area contributed by atoms with Gasteiger partial charge in [-0.3, -0.25) is 4.79 Å². The van der Waals surface area contributed by atoms with Crippen LogP contribution in [0.2, 0.25) is 0 Å². The van der Waals surface area contributed by atoms with E-state index in [0.717, 1.165) is 6.07 Å². The molecule has 2 nitrogen and oxygen atoms in total. The van der Waals surface area contributed by atoms with Gasteiger partial charge in [0.1, 0.15) is 0 Å². The first-order chi connectivity index (χ1) is 9.69. The molecule has 1 N–H and O–H groups in total. The van der Waals surface area contributed by atoms with E-state index in [2.05, 4.69) is 37.2 Å². The number of rotatable bonds is 5. The summed E-state index contributed by atoms with van der Waals surface area (Å²) >= 11 is 6.32. The molecule has 1 aromatic carbocycles. The average Bonchev–Trinajstić information content (AvgIpc) is 2.43. The highest BCUT2D eigenvalue weighted by Gasteiger charge is 2.37. The van der Waals surface area contributed by atoms with Crippen molar-refractivity contribution in [3.8, 4) is 0 Å². The average molecular weight is 431 g/mol. The van der Waals surface area contributed by atoms with Crippen LogP contribution in [-0.2, 0) is 6.18 Å². The maximum absolute atomic E-state index is 13.1. The third-order valence-corrected chi connectivity index (χ3v) is 5.09. The summed E-state index contributed by atoms with van der Waals surface area (Å²) in [6, 6.07) is 3.53. The first kappa shape index (κ1) is 18.5. The van der Waals surface area contributed by atoms with Gasteiger partial charge in [-0.2, -0.15) is 13.2 Å². The largest absolute Gasteiger partial charge is 0.417 e. The molecule has 1 amide bonds. The van der Waals surface area contributed by atoms with Crippen molar-refractivity contribution in [2.24, 2.45) is 0 Å². The van der Waals surface area contributed by atoms with E-state index in [4.69, 9.17) is 0 Å². The van der Waals surface area contributed by atoms with Gasteiger partial charge in [-0.05, 0) is 31.0 Å². The zero-order chi connectivity index (χ0) is 16.3. The molecular weight excluding hydrogens is 415 g/mol. The minimum atomic E-state index is -4.58. The molecule has 0 aliphatic heterocycles. The highest BCUT2D eigenvalue weighted by Crippen LogP contribution is 2.34. The second-order valence-corrected chi connectivity index (χ2v) is 6.24. The normalized spacial score (nSPS) is 12.3. The van der Waals surface area contributed by atoms with Crippen LogP contribution in [0.25, 0.3) is 0 Å². The molecule has 118 valence electrons.